The van der Waals surface area contributed by atoms with E-state index in [1.165, 1.54) is 5.56 Å². The Morgan fingerprint density at radius 2 is 1.91 bits per heavy atom. The number of fused-ring (bicyclic) bond motifs is 1. The number of aliphatic hydroxyl groups is 1. The largest absolute Gasteiger partial charge is 0.496 e. The van der Waals surface area contributed by atoms with Gasteiger partial charge in [0.05, 0.1) is 32.5 Å². The van der Waals surface area contributed by atoms with E-state index in [2.05, 4.69) is 12.1 Å². The molecule has 1 heterocycles. The Bertz CT molecular complexity index is 622. The average molecular weight is 300 g/mol. The molecule has 1 aliphatic rings. The van der Waals surface area contributed by atoms with Gasteiger partial charge in [0.1, 0.15) is 17.2 Å². The molecule has 2 unspecified atom stereocenters. The first-order valence-corrected chi connectivity index (χ1v) is 7.33. The molecule has 22 heavy (non-hydrogen) atoms. The molecule has 2 aromatic carbocycles. The first-order valence-electron chi connectivity index (χ1n) is 7.33. The maximum absolute atomic E-state index is 10.8. The molecule has 1 aliphatic heterocycles. The van der Waals surface area contributed by atoms with Crippen LogP contribution in [0, 0.1) is 5.92 Å². The SMILES string of the molecule is COc1cc(OC)c2c(c1)OCC(Cc1ccccc1)C2O. The van der Waals surface area contributed by atoms with Crippen LogP contribution in [0.2, 0.25) is 0 Å². The zero-order valence-electron chi connectivity index (χ0n) is 12.8. The Morgan fingerprint density at radius 3 is 2.59 bits per heavy atom. The Kier molecular flexibility index (Phi) is 4.20. The minimum absolute atomic E-state index is 0.00260. The van der Waals surface area contributed by atoms with Gasteiger partial charge in [0.25, 0.3) is 0 Å². The van der Waals surface area contributed by atoms with Crippen LogP contribution < -0.4 is 14.2 Å². The van der Waals surface area contributed by atoms with E-state index in [1.807, 2.05) is 18.2 Å². The molecule has 0 bridgehead atoms. The lowest BCUT2D eigenvalue weighted by molar-refractivity contribution is 0.0482. The maximum Gasteiger partial charge on any atom is 0.132 e. The van der Waals surface area contributed by atoms with Crippen LogP contribution in [0.4, 0.5) is 0 Å². The Morgan fingerprint density at radius 1 is 1.14 bits per heavy atom. The highest BCUT2D eigenvalue weighted by atomic mass is 16.5. The minimum Gasteiger partial charge on any atom is -0.496 e. The third-order valence-electron chi connectivity index (χ3n) is 4.07. The second-order valence-corrected chi connectivity index (χ2v) is 5.45. The third-order valence-corrected chi connectivity index (χ3v) is 4.07. The van der Waals surface area contributed by atoms with Crippen molar-refractivity contribution in [1.82, 2.24) is 0 Å². The van der Waals surface area contributed by atoms with Crippen molar-refractivity contribution in [2.24, 2.45) is 5.92 Å². The molecule has 4 nitrogen and oxygen atoms in total. The zero-order chi connectivity index (χ0) is 15.5. The van der Waals surface area contributed by atoms with Crippen LogP contribution in [0.5, 0.6) is 17.2 Å². The van der Waals surface area contributed by atoms with Crippen molar-refractivity contribution >= 4 is 0 Å². The number of hydrogen-bond donors (Lipinski definition) is 1. The molecule has 4 heteroatoms. The minimum atomic E-state index is -0.621. The maximum atomic E-state index is 10.8. The topological polar surface area (TPSA) is 47.9 Å². The molecule has 2 aromatic rings. The van der Waals surface area contributed by atoms with Gasteiger partial charge in [0, 0.05) is 18.1 Å². The van der Waals surface area contributed by atoms with Crippen LogP contribution in [0.1, 0.15) is 17.2 Å². The highest BCUT2D eigenvalue weighted by Crippen LogP contribution is 2.44. The van der Waals surface area contributed by atoms with Gasteiger partial charge in [-0.15, -0.1) is 0 Å². The van der Waals surface area contributed by atoms with Gasteiger partial charge >= 0.3 is 0 Å². The number of ether oxygens (including phenoxy) is 3. The molecule has 0 aliphatic carbocycles. The van der Waals surface area contributed by atoms with Crippen molar-refractivity contribution < 1.29 is 19.3 Å². The second-order valence-electron chi connectivity index (χ2n) is 5.45. The van der Waals surface area contributed by atoms with Crippen LogP contribution in [0.25, 0.3) is 0 Å². The Labute approximate surface area is 130 Å². The highest BCUT2D eigenvalue weighted by molar-refractivity contribution is 5.53. The fraction of sp³-hybridized carbons (Fsp3) is 0.333. The molecule has 1 N–H and O–H groups in total. The molecule has 3 rings (SSSR count). The summed E-state index contributed by atoms with van der Waals surface area (Å²) in [6, 6.07) is 13.7. The molecule has 0 radical (unpaired) electrons. The highest BCUT2D eigenvalue weighted by Gasteiger charge is 2.33. The van der Waals surface area contributed by atoms with Crippen molar-refractivity contribution in [3.05, 3.63) is 53.6 Å². The van der Waals surface area contributed by atoms with E-state index >= 15 is 0 Å². The second kappa shape index (κ2) is 6.28. The Balaban J connectivity index is 1.90. The van der Waals surface area contributed by atoms with Gasteiger partial charge in [-0.3, -0.25) is 0 Å². The summed E-state index contributed by atoms with van der Waals surface area (Å²) in [5, 5.41) is 10.8. The van der Waals surface area contributed by atoms with E-state index in [0.717, 1.165) is 6.42 Å². The van der Waals surface area contributed by atoms with Crippen molar-refractivity contribution in [1.29, 1.82) is 0 Å². The van der Waals surface area contributed by atoms with Gasteiger partial charge in [0.2, 0.25) is 0 Å². The standard InChI is InChI=1S/C18H20O4/c1-20-14-9-15(21-2)17-16(10-14)22-11-13(18(17)19)8-12-6-4-3-5-7-12/h3-7,9-10,13,18-19H,8,11H2,1-2H3. The molecule has 116 valence electrons. The van der Waals surface area contributed by atoms with Gasteiger partial charge in [-0.25, -0.2) is 0 Å². The molecule has 0 aromatic heterocycles. The van der Waals surface area contributed by atoms with E-state index in [9.17, 15) is 5.11 Å². The molecular weight excluding hydrogens is 280 g/mol. The monoisotopic (exact) mass is 300 g/mol. The van der Waals surface area contributed by atoms with Crippen LogP contribution in [-0.4, -0.2) is 25.9 Å². The summed E-state index contributed by atoms with van der Waals surface area (Å²) in [7, 11) is 3.18. The number of benzene rings is 2. The summed E-state index contributed by atoms with van der Waals surface area (Å²) in [5.74, 6) is 1.88. The average Bonchev–Trinajstić information content (AvgIpc) is 2.57. The van der Waals surface area contributed by atoms with Crippen molar-refractivity contribution in [2.45, 2.75) is 12.5 Å². The number of hydrogen-bond acceptors (Lipinski definition) is 4. The summed E-state index contributed by atoms with van der Waals surface area (Å²) in [4.78, 5) is 0. The first kappa shape index (κ1) is 14.7. The van der Waals surface area contributed by atoms with Crippen LogP contribution in [-0.2, 0) is 6.42 Å². The predicted molar refractivity (Wildman–Crippen MR) is 83.6 cm³/mol. The molecule has 0 spiro atoms. The summed E-state index contributed by atoms with van der Waals surface area (Å²) < 4.78 is 16.5. The van der Waals surface area contributed by atoms with Gasteiger partial charge in [-0.1, -0.05) is 30.3 Å². The predicted octanol–water partition coefficient (Wildman–Crippen LogP) is 2.99. The van der Waals surface area contributed by atoms with Gasteiger partial charge in [0.15, 0.2) is 0 Å². The molecular formula is C18H20O4. The van der Waals surface area contributed by atoms with Crippen LogP contribution in [0.3, 0.4) is 0 Å². The fourth-order valence-electron chi connectivity index (χ4n) is 2.89. The number of aliphatic hydroxyl groups excluding tert-OH is 1. The normalized spacial score (nSPS) is 20.0. The number of rotatable bonds is 4. The summed E-state index contributed by atoms with van der Waals surface area (Å²) in [6.07, 6.45) is 0.140. The van der Waals surface area contributed by atoms with E-state index in [-0.39, 0.29) is 5.92 Å². The van der Waals surface area contributed by atoms with Crippen LogP contribution in [0.15, 0.2) is 42.5 Å². The van der Waals surface area contributed by atoms with Crippen molar-refractivity contribution in [3.63, 3.8) is 0 Å². The molecule has 2 atom stereocenters. The Hall–Kier alpha value is -2.20. The molecule has 0 saturated carbocycles. The van der Waals surface area contributed by atoms with Gasteiger partial charge in [-0.05, 0) is 12.0 Å². The van der Waals surface area contributed by atoms with Crippen LogP contribution >= 0.6 is 0 Å². The quantitative estimate of drug-likeness (QED) is 0.943. The molecule has 0 fully saturated rings. The van der Waals surface area contributed by atoms with Gasteiger partial charge < -0.3 is 19.3 Å². The number of methoxy groups -OCH3 is 2. The summed E-state index contributed by atoms with van der Waals surface area (Å²) in [5.41, 5.74) is 1.89. The molecule has 0 saturated heterocycles. The lowest BCUT2D eigenvalue weighted by atomic mass is 9.87. The lowest BCUT2D eigenvalue weighted by Gasteiger charge is -2.31. The van der Waals surface area contributed by atoms with E-state index in [1.54, 1.807) is 26.4 Å². The van der Waals surface area contributed by atoms with Gasteiger partial charge in [-0.2, -0.15) is 0 Å². The molecule has 0 amide bonds. The van der Waals surface area contributed by atoms with Crippen molar-refractivity contribution in [3.8, 4) is 17.2 Å². The lowest BCUT2D eigenvalue weighted by Crippen LogP contribution is -2.28. The first-order chi connectivity index (χ1) is 10.7. The fourth-order valence-corrected chi connectivity index (χ4v) is 2.89. The third kappa shape index (κ3) is 2.74. The van der Waals surface area contributed by atoms with E-state index in [0.29, 0.717) is 29.4 Å². The van der Waals surface area contributed by atoms with Crippen molar-refractivity contribution in [2.75, 3.05) is 20.8 Å². The zero-order valence-corrected chi connectivity index (χ0v) is 12.8. The smallest absolute Gasteiger partial charge is 0.132 e. The van der Waals surface area contributed by atoms with E-state index in [4.69, 9.17) is 14.2 Å². The summed E-state index contributed by atoms with van der Waals surface area (Å²) >= 11 is 0. The summed E-state index contributed by atoms with van der Waals surface area (Å²) in [6.45, 7) is 0.472. The van der Waals surface area contributed by atoms with E-state index < -0.39 is 6.10 Å².